The lowest BCUT2D eigenvalue weighted by atomic mass is 10.0. The van der Waals surface area contributed by atoms with Crippen LogP contribution in [0.4, 0.5) is 10.5 Å². The summed E-state index contributed by atoms with van der Waals surface area (Å²) in [5, 5.41) is 3.24. The summed E-state index contributed by atoms with van der Waals surface area (Å²) < 4.78 is 2.17. The van der Waals surface area contributed by atoms with Crippen molar-refractivity contribution in [2.45, 2.75) is 20.4 Å². The van der Waals surface area contributed by atoms with E-state index in [4.69, 9.17) is 0 Å². The van der Waals surface area contributed by atoms with Crippen molar-refractivity contribution in [3.63, 3.8) is 0 Å². The number of urea groups is 1. The Labute approximate surface area is 197 Å². The Morgan fingerprint density at radius 1 is 0.824 bits per heavy atom. The number of rotatable bonds is 4. The number of benzene rings is 3. The molecule has 0 atom stereocenters. The van der Waals surface area contributed by atoms with Gasteiger partial charge in [0.05, 0.1) is 5.69 Å². The highest BCUT2D eigenvalue weighted by molar-refractivity contribution is 6.39. The molecule has 5 rings (SSSR count). The molecule has 3 aromatic carbocycles. The van der Waals surface area contributed by atoms with Crippen LogP contribution in [0.1, 0.15) is 22.4 Å². The molecule has 1 aromatic heterocycles. The molecule has 4 aromatic rings. The minimum Gasteiger partial charge on any atom is -0.340 e. The van der Waals surface area contributed by atoms with Gasteiger partial charge in [-0.15, -0.1) is 0 Å². The van der Waals surface area contributed by atoms with Crippen LogP contribution in [0.5, 0.6) is 0 Å². The van der Waals surface area contributed by atoms with Gasteiger partial charge in [0.15, 0.2) is 0 Å². The number of nitrogens with zero attached hydrogens (tertiary/aromatic N) is 2. The topological polar surface area (TPSA) is 71.4 Å². The first kappa shape index (κ1) is 21.4. The first-order valence-electron chi connectivity index (χ1n) is 11.0. The minimum absolute atomic E-state index is 0.0779. The lowest BCUT2D eigenvalue weighted by Gasteiger charge is -2.26. The van der Waals surface area contributed by atoms with Crippen molar-refractivity contribution in [1.29, 1.82) is 0 Å². The summed E-state index contributed by atoms with van der Waals surface area (Å²) in [6, 6.07) is 24.3. The van der Waals surface area contributed by atoms with Crippen molar-refractivity contribution in [1.82, 2.24) is 9.88 Å². The van der Waals surface area contributed by atoms with Gasteiger partial charge in [0, 0.05) is 28.7 Å². The summed E-state index contributed by atoms with van der Waals surface area (Å²) in [6.45, 7) is 4.55. The Bertz CT molecular complexity index is 1460. The molecule has 34 heavy (non-hydrogen) atoms. The van der Waals surface area contributed by atoms with Gasteiger partial charge in [-0.25, -0.2) is 9.69 Å². The molecule has 6 heteroatoms. The Morgan fingerprint density at radius 2 is 1.50 bits per heavy atom. The van der Waals surface area contributed by atoms with E-state index in [9.17, 15) is 14.4 Å². The van der Waals surface area contributed by atoms with E-state index in [0.29, 0.717) is 12.2 Å². The number of barbiturate groups is 1. The minimum atomic E-state index is -0.751. The van der Waals surface area contributed by atoms with Crippen LogP contribution >= 0.6 is 0 Å². The molecule has 0 bridgehead atoms. The molecule has 0 spiro atoms. The van der Waals surface area contributed by atoms with Gasteiger partial charge < -0.3 is 4.57 Å². The van der Waals surface area contributed by atoms with Crippen molar-refractivity contribution in [2.24, 2.45) is 0 Å². The second-order valence-corrected chi connectivity index (χ2v) is 8.38. The molecule has 168 valence electrons. The zero-order valence-corrected chi connectivity index (χ0v) is 18.9. The molecule has 0 aliphatic carbocycles. The molecule has 0 radical (unpaired) electrons. The molecular formula is C28H23N3O3. The van der Waals surface area contributed by atoms with Gasteiger partial charge in [0.25, 0.3) is 11.8 Å². The zero-order chi connectivity index (χ0) is 23.8. The van der Waals surface area contributed by atoms with E-state index >= 15 is 0 Å². The lowest BCUT2D eigenvalue weighted by molar-refractivity contribution is -0.122. The smallest absolute Gasteiger partial charge is 0.335 e. The second kappa shape index (κ2) is 8.48. The largest absolute Gasteiger partial charge is 0.340 e. The van der Waals surface area contributed by atoms with Crippen LogP contribution < -0.4 is 10.2 Å². The molecule has 1 saturated heterocycles. The zero-order valence-electron chi connectivity index (χ0n) is 18.9. The van der Waals surface area contributed by atoms with E-state index < -0.39 is 17.8 Å². The van der Waals surface area contributed by atoms with Gasteiger partial charge in [-0.3, -0.25) is 14.9 Å². The van der Waals surface area contributed by atoms with Crippen LogP contribution in [-0.4, -0.2) is 22.4 Å². The van der Waals surface area contributed by atoms with Gasteiger partial charge >= 0.3 is 6.03 Å². The molecular weight excluding hydrogens is 426 g/mol. The standard InChI is InChI=1S/C28H23N3O3/c1-18-12-14-21(15-13-18)31-27(33)24(26(32)29-28(31)34)16-23-19(2)30(17-20-8-4-3-5-9-20)25-11-7-6-10-22(23)25/h3-16H,17H2,1-2H3,(H,29,32,34)/b24-16-. The average molecular weight is 450 g/mol. The van der Waals surface area contributed by atoms with Crippen LogP contribution in [0.2, 0.25) is 0 Å². The molecule has 1 aliphatic rings. The summed E-state index contributed by atoms with van der Waals surface area (Å²) in [7, 11) is 0. The number of amides is 4. The van der Waals surface area contributed by atoms with Crippen LogP contribution in [0.15, 0.2) is 84.4 Å². The molecule has 1 aliphatic heterocycles. The van der Waals surface area contributed by atoms with Crippen LogP contribution in [-0.2, 0) is 16.1 Å². The quantitative estimate of drug-likeness (QED) is 0.353. The number of carbonyl (C=O) groups is 3. The molecule has 0 unspecified atom stereocenters. The number of para-hydroxylation sites is 1. The fraction of sp³-hybridized carbons (Fsp3) is 0.107. The fourth-order valence-electron chi connectivity index (χ4n) is 4.34. The number of imide groups is 2. The van der Waals surface area contributed by atoms with Crippen LogP contribution in [0.25, 0.3) is 17.0 Å². The number of aryl methyl sites for hydroxylation is 1. The van der Waals surface area contributed by atoms with Gasteiger partial charge in [-0.1, -0.05) is 66.2 Å². The number of anilines is 1. The number of hydrogen-bond acceptors (Lipinski definition) is 3. The Kier molecular flexibility index (Phi) is 5.34. The fourth-order valence-corrected chi connectivity index (χ4v) is 4.34. The van der Waals surface area contributed by atoms with Crippen molar-refractivity contribution < 1.29 is 14.4 Å². The Hall–Kier alpha value is -4.45. The lowest BCUT2D eigenvalue weighted by Crippen LogP contribution is -2.54. The highest BCUT2D eigenvalue weighted by atomic mass is 16.2. The third-order valence-electron chi connectivity index (χ3n) is 6.15. The molecule has 4 amide bonds. The van der Waals surface area contributed by atoms with E-state index in [1.807, 2.05) is 68.4 Å². The monoisotopic (exact) mass is 449 g/mol. The maximum Gasteiger partial charge on any atom is 0.335 e. The SMILES string of the molecule is Cc1ccc(N2C(=O)NC(=O)/C(=C/c3c(C)n(Cc4ccccc4)c4ccccc34)C2=O)cc1. The molecule has 1 N–H and O–H groups in total. The third kappa shape index (κ3) is 3.69. The van der Waals surface area contributed by atoms with E-state index in [-0.39, 0.29) is 5.57 Å². The first-order valence-corrected chi connectivity index (χ1v) is 11.0. The molecule has 0 saturated carbocycles. The molecule has 6 nitrogen and oxygen atoms in total. The predicted molar refractivity (Wildman–Crippen MR) is 132 cm³/mol. The summed E-state index contributed by atoms with van der Waals surface area (Å²) in [6.07, 6.45) is 1.60. The summed E-state index contributed by atoms with van der Waals surface area (Å²) >= 11 is 0. The van der Waals surface area contributed by atoms with Crippen molar-refractivity contribution in [2.75, 3.05) is 4.90 Å². The predicted octanol–water partition coefficient (Wildman–Crippen LogP) is 4.97. The van der Waals surface area contributed by atoms with E-state index in [2.05, 4.69) is 22.0 Å². The van der Waals surface area contributed by atoms with Gasteiger partial charge in [-0.2, -0.15) is 0 Å². The maximum atomic E-state index is 13.4. The number of nitrogens with one attached hydrogen (secondary N) is 1. The average Bonchev–Trinajstić information content (AvgIpc) is 3.09. The van der Waals surface area contributed by atoms with Gasteiger partial charge in [0.1, 0.15) is 5.57 Å². The summed E-state index contributed by atoms with van der Waals surface area (Å²) in [5.74, 6) is -1.34. The van der Waals surface area contributed by atoms with E-state index in [1.165, 1.54) is 0 Å². The highest BCUT2D eigenvalue weighted by Crippen LogP contribution is 2.30. The number of fused-ring (bicyclic) bond motifs is 1. The van der Waals surface area contributed by atoms with E-state index in [0.717, 1.165) is 38.2 Å². The number of aromatic nitrogens is 1. The summed E-state index contributed by atoms with van der Waals surface area (Å²) in [4.78, 5) is 39.6. The number of carbonyl (C=O) groups excluding carboxylic acids is 3. The molecule has 1 fully saturated rings. The normalized spacial score (nSPS) is 15.3. The van der Waals surface area contributed by atoms with E-state index in [1.54, 1.807) is 18.2 Å². The van der Waals surface area contributed by atoms with Gasteiger partial charge in [-0.05, 0) is 43.7 Å². The van der Waals surface area contributed by atoms with Crippen molar-refractivity contribution in [3.05, 3.63) is 107 Å². The van der Waals surface area contributed by atoms with Crippen LogP contribution in [0, 0.1) is 13.8 Å². The van der Waals surface area contributed by atoms with Crippen molar-refractivity contribution >= 4 is 40.5 Å². The summed E-state index contributed by atoms with van der Waals surface area (Å²) in [5.41, 5.74) is 5.20. The first-order chi connectivity index (χ1) is 16.4. The third-order valence-corrected chi connectivity index (χ3v) is 6.15. The van der Waals surface area contributed by atoms with Crippen LogP contribution in [0.3, 0.4) is 0 Å². The molecule has 2 heterocycles. The van der Waals surface area contributed by atoms with Crippen molar-refractivity contribution in [3.8, 4) is 0 Å². The van der Waals surface area contributed by atoms with Gasteiger partial charge in [0.2, 0.25) is 0 Å². The Morgan fingerprint density at radius 3 is 2.24 bits per heavy atom. The maximum absolute atomic E-state index is 13.4. The number of hydrogen-bond donors (Lipinski definition) is 1. The Balaban J connectivity index is 1.61. The highest BCUT2D eigenvalue weighted by Gasteiger charge is 2.37. The second-order valence-electron chi connectivity index (χ2n) is 8.38.